The van der Waals surface area contributed by atoms with Gasteiger partial charge in [-0.05, 0) is 37.3 Å². The first-order chi connectivity index (χ1) is 13.2. The fraction of sp³-hybridized carbons (Fsp3) is 0.211. The van der Waals surface area contributed by atoms with Crippen molar-refractivity contribution < 1.29 is 13.9 Å². The smallest absolute Gasteiger partial charge is 0.308 e. The van der Waals surface area contributed by atoms with Gasteiger partial charge in [0, 0.05) is 13.2 Å². The molecule has 0 saturated heterocycles. The van der Waals surface area contributed by atoms with E-state index in [-0.39, 0.29) is 5.82 Å². The fourth-order valence-corrected chi connectivity index (χ4v) is 4.68. The lowest BCUT2D eigenvalue weighted by molar-refractivity contribution is 0.0996. The zero-order valence-electron chi connectivity index (χ0n) is 14.5. The molecule has 0 aliphatic heterocycles. The Morgan fingerprint density at radius 2 is 2.07 bits per heavy atom. The number of rotatable bonds is 5. The summed E-state index contributed by atoms with van der Waals surface area (Å²) in [5, 5.41) is 0.344. The van der Waals surface area contributed by atoms with Gasteiger partial charge in [0.1, 0.15) is 5.82 Å². The molecule has 0 N–H and O–H groups in total. The van der Waals surface area contributed by atoms with Gasteiger partial charge in [-0.3, -0.25) is 4.79 Å². The molecule has 2 aromatic heterocycles. The third kappa shape index (κ3) is 3.69. The summed E-state index contributed by atoms with van der Waals surface area (Å²) >= 11 is 2.60. The summed E-state index contributed by atoms with van der Waals surface area (Å²) in [5.74, 6) is -0.710. The summed E-state index contributed by atoms with van der Waals surface area (Å²) in [6, 6.07) is 12.2. The van der Waals surface area contributed by atoms with E-state index in [0.717, 1.165) is 20.4 Å². The summed E-state index contributed by atoms with van der Waals surface area (Å²) < 4.78 is 22.6. The third-order valence-electron chi connectivity index (χ3n) is 3.98. The van der Waals surface area contributed by atoms with Crippen LogP contribution in [0.25, 0.3) is 20.4 Å². The molecule has 2 aromatic carbocycles. The first-order valence-corrected chi connectivity index (χ1v) is 10.1. The van der Waals surface area contributed by atoms with Gasteiger partial charge in [-0.1, -0.05) is 23.5 Å². The van der Waals surface area contributed by atoms with Crippen molar-refractivity contribution in [1.82, 2.24) is 9.55 Å². The predicted molar refractivity (Wildman–Crippen MR) is 106 cm³/mol. The minimum absolute atomic E-state index is 0.315. The van der Waals surface area contributed by atoms with E-state index in [9.17, 15) is 9.18 Å². The second-order valence-corrected chi connectivity index (χ2v) is 7.79. The first kappa shape index (κ1) is 18.0. The number of halogens is 1. The van der Waals surface area contributed by atoms with Crippen LogP contribution < -0.4 is 4.80 Å². The molecule has 5 nitrogen and oxygen atoms in total. The van der Waals surface area contributed by atoms with E-state index in [1.54, 1.807) is 6.07 Å². The van der Waals surface area contributed by atoms with Crippen LogP contribution in [0.5, 0.6) is 0 Å². The van der Waals surface area contributed by atoms with Gasteiger partial charge in [-0.2, -0.15) is 4.99 Å². The molecule has 0 spiro atoms. The van der Waals surface area contributed by atoms with E-state index in [2.05, 4.69) is 9.98 Å². The maximum absolute atomic E-state index is 13.6. The van der Waals surface area contributed by atoms with Gasteiger partial charge in [-0.25, -0.2) is 9.37 Å². The highest BCUT2D eigenvalue weighted by atomic mass is 32.1. The monoisotopic (exact) mass is 401 g/mol. The lowest BCUT2D eigenvalue weighted by Gasteiger charge is -2.05. The molecule has 27 heavy (non-hydrogen) atoms. The second-order valence-electron chi connectivity index (χ2n) is 5.75. The number of ether oxygens (including phenoxy) is 1. The number of fused-ring (bicyclic) bond motifs is 2. The maximum Gasteiger partial charge on any atom is 0.308 e. The molecule has 4 rings (SSSR count). The zero-order valence-corrected chi connectivity index (χ0v) is 16.1. The van der Waals surface area contributed by atoms with E-state index in [0.29, 0.717) is 29.6 Å². The fourth-order valence-electron chi connectivity index (χ4n) is 2.75. The minimum Gasteiger partial charge on any atom is -0.380 e. The molecular formula is C19H16FN3O2S2. The predicted octanol–water partition coefficient (Wildman–Crippen LogP) is 4.23. The number of hydrogen-bond donors (Lipinski definition) is 0. The molecule has 0 radical (unpaired) electrons. The molecular weight excluding hydrogens is 385 g/mol. The van der Waals surface area contributed by atoms with Crippen LogP contribution in [0, 0.1) is 5.82 Å². The van der Waals surface area contributed by atoms with E-state index in [1.807, 2.05) is 35.8 Å². The van der Waals surface area contributed by atoms with E-state index in [4.69, 9.17) is 4.74 Å². The normalized spacial score (nSPS) is 12.3. The Balaban J connectivity index is 1.78. The van der Waals surface area contributed by atoms with E-state index < -0.39 is 5.91 Å². The summed E-state index contributed by atoms with van der Waals surface area (Å²) in [7, 11) is 0. The average molecular weight is 401 g/mol. The summed E-state index contributed by atoms with van der Waals surface area (Å²) in [4.78, 5) is 21.8. The Kier molecular flexibility index (Phi) is 5.11. The highest BCUT2D eigenvalue weighted by Crippen LogP contribution is 2.22. The van der Waals surface area contributed by atoms with Gasteiger partial charge in [0.25, 0.3) is 0 Å². The van der Waals surface area contributed by atoms with Crippen molar-refractivity contribution in [1.29, 1.82) is 0 Å². The molecule has 138 valence electrons. The van der Waals surface area contributed by atoms with Crippen molar-refractivity contribution in [2.24, 2.45) is 4.99 Å². The number of hydrogen-bond acceptors (Lipinski definition) is 5. The number of amides is 1. The molecule has 0 aliphatic carbocycles. The number of thiazole rings is 2. The maximum atomic E-state index is 13.6. The van der Waals surface area contributed by atoms with Gasteiger partial charge in [0.05, 0.1) is 27.0 Å². The van der Waals surface area contributed by atoms with Gasteiger partial charge in [0.2, 0.25) is 0 Å². The minimum atomic E-state index is -0.395. The quantitative estimate of drug-likeness (QED) is 0.470. The number of benzene rings is 2. The Hall–Kier alpha value is -2.42. The number of para-hydroxylation sites is 1. The average Bonchev–Trinajstić information content (AvgIpc) is 3.23. The molecule has 0 saturated carbocycles. The van der Waals surface area contributed by atoms with Crippen molar-refractivity contribution in [2.45, 2.75) is 13.5 Å². The molecule has 0 bridgehead atoms. The van der Waals surface area contributed by atoms with E-state index in [1.165, 1.54) is 34.8 Å². The Bertz CT molecular complexity index is 1160. The lowest BCUT2D eigenvalue weighted by atomic mass is 10.3. The molecule has 0 aliphatic rings. The molecule has 0 atom stereocenters. The van der Waals surface area contributed by atoms with Gasteiger partial charge < -0.3 is 9.30 Å². The van der Waals surface area contributed by atoms with Crippen LogP contribution in [0.3, 0.4) is 0 Å². The topological polar surface area (TPSA) is 56.5 Å². The molecule has 0 fully saturated rings. The summed E-state index contributed by atoms with van der Waals surface area (Å²) in [6.45, 7) is 3.55. The molecule has 8 heteroatoms. The zero-order chi connectivity index (χ0) is 18.8. The molecule has 2 heterocycles. The van der Waals surface area contributed by atoms with Crippen molar-refractivity contribution in [3.63, 3.8) is 0 Å². The van der Waals surface area contributed by atoms with Crippen molar-refractivity contribution in [2.75, 3.05) is 13.2 Å². The molecule has 0 unspecified atom stereocenters. The SMILES string of the molecule is CCOCCn1c(=NC(=O)c2nc3ccccc3s2)sc2cc(F)ccc21. The summed E-state index contributed by atoms with van der Waals surface area (Å²) in [5.41, 5.74) is 1.61. The number of carbonyl (C=O) groups excluding carboxylic acids is 1. The Morgan fingerprint density at radius 1 is 1.22 bits per heavy atom. The molecule has 4 aromatic rings. The second kappa shape index (κ2) is 7.67. The van der Waals surface area contributed by atoms with Crippen molar-refractivity contribution >= 4 is 49.0 Å². The third-order valence-corrected chi connectivity index (χ3v) is 6.05. The largest absolute Gasteiger partial charge is 0.380 e. The van der Waals surface area contributed by atoms with Crippen molar-refractivity contribution in [3.05, 3.63) is 58.1 Å². The highest BCUT2D eigenvalue weighted by molar-refractivity contribution is 7.20. The van der Waals surface area contributed by atoms with E-state index >= 15 is 0 Å². The van der Waals surface area contributed by atoms with Crippen LogP contribution in [0.1, 0.15) is 16.7 Å². The van der Waals surface area contributed by atoms with Gasteiger partial charge >= 0.3 is 5.91 Å². The number of nitrogens with zero attached hydrogens (tertiary/aromatic N) is 3. The van der Waals surface area contributed by atoms with Crippen LogP contribution >= 0.6 is 22.7 Å². The number of carbonyl (C=O) groups is 1. The highest BCUT2D eigenvalue weighted by Gasteiger charge is 2.13. The standard InChI is InChI=1S/C19H16FN3O2S2/c1-2-25-10-9-23-14-8-7-12(20)11-16(14)27-19(23)22-17(24)18-21-13-5-3-4-6-15(13)26-18/h3-8,11H,2,9-10H2,1H3. The number of aromatic nitrogens is 2. The van der Waals surface area contributed by atoms with Gasteiger partial charge in [0.15, 0.2) is 9.81 Å². The Morgan fingerprint density at radius 3 is 2.89 bits per heavy atom. The van der Waals surface area contributed by atoms with Crippen LogP contribution in [0.15, 0.2) is 47.5 Å². The molecule has 1 amide bonds. The lowest BCUT2D eigenvalue weighted by Crippen LogP contribution is -2.19. The first-order valence-electron chi connectivity index (χ1n) is 8.47. The summed E-state index contributed by atoms with van der Waals surface area (Å²) in [6.07, 6.45) is 0. The van der Waals surface area contributed by atoms with Crippen LogP contribution in [-0.2, 0) is 11.3 Å². The van der Waals surface area contributed by atoms with Crippen molar-refractivity contribution in [3.8, 4) is 0 Å². The van der Waals surface area contributed by atoms with Crippen LogP contribution in [0.4, 0.5) is 4.39 Å². The van der Waals surface area contributed by atoms with Crippen LogP contribution in [-0.4, -0.2) is 28.7 Å². The van der Waals surface area contributed by atoms with Gasteiger partial charge in [-0.15, -0.1) is 11.3 Å². The Labute approximate surface area is 162 Å². The van der Waals surface area contributed by atoms with Crippen LogP contribution in [0.2, 0.25) is 0 Å².